The Kier molecular flexibility index (Phi) is 7.35. The second-order valence-electron chi connectivity index (χ2n) is 6.71. The third-order valence-corrected chi connectivity index (χ3v) is 6.15. The van der Waals surface area contributed by atoms with E-state index >= 15 is 0 Å². The standard InChI is InChI=1S/C17H34N4S/c1-4-5-10-20(3)16(18-2)19-15-17(8-6-7-9-17)21-11-13-22-14-12-21/h4-15H2,1-3H3,(H,18,19). The topological polar surface area (TPSA) is 30.9 Å². The Bertz CT molecular complexity index is 347. The van der Waals surface area contributed by atoms with Gasteiger partial charge >= 0.3 is 0 Å². The number of guanidine groups is 1. The first-order valence-corrected chi connectivity index (χ1v) is 10.1. The summed E-state index contributed by atoms with van der Waals surface area (Å²) in [5, 5.41) is 3.69. The van der Waals surface area contributed by atoms with Crippen molar-refractivity contribution in [3.05, 3.63) is 0 Å². The Balaban J connectivity index is 1.93. The van der Waals surface area contributed by atoms with Gasteiger partial charge in [-0.1, -0.05) is 26.2 Å². The van der Waals surface area contributed by atoms with Crippen molar-refractivity contribution in [2.75, 3.05) is 51.8 Å². The van der Waals surface area contributed by atoms with Gasteiger partial charge in [-0.15, -0.1) is 0 Å². The summed E-state index contributed by atoms with van der Waals surface area (Å²) in [6, 6.07) is 0. The van der Waals surface area contributed by atoms with Crippen LogP contribution in [0.4, 0.5) is 0 Å². The molecule has 22 heavy (non-hydrogen) atoms. The summed E-state index contributed by atoms with van der Waals surface area (Å²) in [4.78, 5) is 9.53. The Morgan fingerprint density at radius 2 is 1.95 bits per heavy atom. The lowest BCUT2D eigenvalue weighted by Gasteiger charge is -2.44. The van der Waals surface area contributed by atoms with Crippen LogP contribution in [0.5, 0.6) is 0 Å². The van der Waals surface area contributed by atoms with E-state index < -0.39 is 0 Å². The van der Waals surface area contributed by atoms with Crippen molar-refractivity contribution in [3.63, 3.8) is 0 Å². The molecule has 2 fully saturated rings. The monoisotopic (exact) mass is 326 g/mol. The molecule has 0 aromatic rings. The van der Waals surface area contributed by atoms with Gasteiger partial charge in [0.1, 0.15) is 0 Å². The van der Waals surface area contributed by atoms with Crippen molar-refractivity contribution in [1.82, 2.24) is 15.1 Å². The Hall–Kier alpha value is -0.420. The van der Waals surface area contributed by atoms with E-state index in [2.05, 4.69) is 45.8 Å². The molecule has 1 aliphatic heterocycles. The highest BCUT2D eigenvalue weighted by Gasteiger charge is 2.40. The molecule has 0 spiro atoms. The first-order chi connectivity index (χ1) is 10.7. The summed E-state index contributed by atoms with van der Waals surface area (Å²) in [7, 11) is 4.06. The van der Waals surface area contributed by atoms with Gasteiger partial charge in [0.25, 0.3) is 0 Å². The number of nitrogens with one attached hydrogen (secondary N) is 1. The summed E-state index contributed by atoms with van der Waals surface area (Å²) in [5.41, 5.74) is 0.377. The zero-order chi connectivity index (χ0) is 15.8. The molecule has 1 saturated heterocycles. The minimum absolute atomic E-state index is 0.377. The van der Waals surface area contributed by atoms with Gasteiger partial charge in [-0.2, -0.15) is 11.8 Å². The van der Waals surface area contributed by atoms with Gasteiger partial charge in [-0.25, -0.2) is 0 Å². The lowest BCUT2D eigenvalue weighted by atomic mass is 9.94. The van der Waals surface area contributed by atoms with E-state index in [-0.39, 0.29) is 0 Å². The van der Waals surface area contributed by atoms with E-state index in [0.717, 1.165) is 19.0 Å². The summed E-state index contributed by atoms with van der Waals surface area (Å²) in [5.74, 6) is 3.66. The minimum atomic E-state index is 0.377. The number of aliphatic imine (C=N–C) groups is 1. The molecule has 128 valence electrons. The highest BCUT2D eigenvalue weighted by Crippen LogP contribution is 2.36. The zero-order valence-corrected chi connectivity index (χ0v) is 15.6. The van der Waals surface area contributed by atoms with Gasteiger partial charge in [0, 0.05) is 57.3 Å². The fourth-order valence-corrected chi connectivity index (χ4v) is 4.71. The highest BCUT2D eigenvalue weighted by atomic mass is 32.2. The van der Waals surface area contributed by atoms with Crippen molar-refractivity contribution in [2.45, 2.75) is 51.0 Å². The average molecular weight is 327 g/mol. The van der Waals surface area contributed by atoms with E-state index in [0.29, 0.717) is 5.54 Å². The lowest BCUT2D eigenvalue weighted by molar-refractivity contribution is 0.106. The molecule has 1 heterocycles. The summed E-state index contributed by atoms with van der Waals surface area (Å²) < 4.78 is 0. The molecule has 0 aromatic carbocycles. The molecular formula is C17H34N4S. The second kappa shape index (κ2) is 9.02. The van der Waals surface area contributed by atoms with Crippen molar-refractivity contribution in [1.29, 1.82) is 0 Å². The smallest absolute Gasteiger partial charge is 0.193 e. The summed E-state index contributed by atoms with van der Waals surface area (Å²) in [6.45, 7) is 6.91. The Morgan fingerprint density at radius 1 is 1.27 bits per heavy atom. The second-order valence-corrected chi connectivity index (χ2v) is 7.93. The van der Waals surface area contributed by atoms with Crippen LogP contribution >= 0.6 is 11.8 Å². The molecule has 0 radical (unpaired) electrons. The summed E-state index contributed by atoms with van der Waals surface area (Å²) in [6.07, 6.45) is 7.92. The lowest BCUT2D eigenvalue weighted by Crippen LogP contribution is -2.57. The number of nitrogens with zero attached hydrogens (tertiary/aromatic N) is 3. The maximum atomic E-state index is 4.49. The quantitative estimate of drug-likeness (QED) is 0.600. The summed E-state index contributed by atoms with van der Waals surface area (Å²) >= 11 is 2.10. The van der Waals surface area contributed by atoms with Crippen LogP contribution in [0.2, 0.25) is 0 Å². The van der Waals surface area contributed by atoms with Crippen LogP contribution in [0.1, 0.15) is 45.4 Å². The third-order valence-electron chi connectivity index (χ3n) is 5.21. The SMILES string of the molecule is CCCCN(C)C(=NC)NCC1(N2CCSCC2)CCCC1. The van der Waals surface area contributed by atoms with E-state index in [1.54, 1.807) is 0 Å². The molecule has 5 heteroatoms. The molecule has 2 rings (SSSR count). The van der Waals surface area contributed by atoms with Crippen LogP contribution in [0, 0.1) is 0 Å². The molecule has 0 bridgehead atoms. The fourth-order valence-electron chi connectivity index (χ4n) is 3.81. The normalized spacial score (nSPS) is 22.8. The first-order valence-electron chi connectivity index (χ1n) is 8.96. The van der Waals surface area contributed by atoms with Crippen LogP contribution in [-0.4, -0.2) is 73.1 Å². The highest BCUT2D eigenvalue weighted by molar-refractivity contribution is 7.99. The number of rotatable bonds is 6. The van der Waals surface area contributed by atoms with Gasteiger partial charge in [-0.05, 0) is 19.3 Å². The largest absolute Gasteiger partial charge is 0.354 e. The predicted octanol–water partition coefficient (Wildman–Crippen LogP) is 2.66. The van der Waals surface area contributed by atoms with Gasteiger partial charge in [0.2, 0.25) is 0 Å². The molecule has 2 aliphatic rings. The number of hydrogen-bond donors (Lipinski definition) is 1. The molecular weight excluding hydrogens is 292 g/mol. The predicted molar refractivity (Wildman–Crippen MR) is 99.0 cm³/mol. The molecule has 0 unspecified atom stereocenters. The fraction of sp³-hybridized carbons (Fsp3) is 0.941. The Labute approximate surface area is 141 Å². The van der Waals surface area contributed by atoms with E-state index in [1.165, 1.54) is 63.1 Å². The zero-order valence-electron chi connectivity index (χ0n) is 14.7. The van der Waals surface area contributed by atoms with Crippen LogP contribution in [0.15, 0.2) is 4.99 Å². The maximum Gasteiger partial charge on any atom is 0.193 e. The van der Waals surface area contributed by atoms with Gasteiger partial charge < -0.3 is 10.2 Å². The van der Waals surface area contributed by atoms with Crippen LogP contribution in [0.3, 0.4) is 0 Å². The van der Waals surface area contributed by atoms with E-state index in [9.17, 15) is 0 Å². The van der Waals surface area contributed by atoms with Gasteiger partial charge in [0.05, 0.1) is 0 Å². The maximum absolute atomic E-state index is 4.49. The molecule has 1 saturated carbocycles. The molecule has 1 N–H and O–H groups in total. The van der Waals surface area contributed by atoms with E-state index in [4.69, 9.17) is 0 Å². The van der Waals surface area contributed by atoms with Crippen LogP contribution in [-0.2, 0) is 0 Å². The minimum Gasteiger partial charge on any atom is -0.354 e. The number of thioether (sulfide) groups is 1. The molecule has 0 atom stereocenters. The van der Waals surface area contributed by atoms with Crippen molar-refractivity contribution < 1.29 is 0 Å². The Morgan fingerprint density at radius 3 is 2.55 bits per heavy atom. The van der Waals surface area contributed by atoms with Crippen LogP contribution < -0.4 is 5.32 Å². The molecule has 0 aromatic heterocycles. The number of unbranched alkanes of at least 4 members (excludes halogenated alkanes) is 1. The van der Waals surface area contributed by atoms with Crippen molar-refractivity contribution in [3.8, 4) is 0 Å². The number of hydrogen-bond acceptors (Lipinski definition) is 3. The average Bonchev–Trinajstić information content (AvgIpc) is 3.04. The third kappa shape index (κ3) is 4.54. The van der Waals surface area contributed by atoms with Crippen molar-refractivity contribution >= 4 is 17.7 Å². The first kappa shape index (κ1) is 17.9. The van der Waals surface area contributed by atoms with Gasteiger partial charge in [-0.3, -0.25) is 9.89 Å². The van der Waals surface area contributed by atoms with E-state index in [1.807, 2.05) is 7.05 Å². The molecule has 0 amide bonds. The molecule has 4 nitrogen and oxygen atoms in total. The van der Waals surface area contributed by atoms with Crippen molar-refractivity contribution in [2.24, 2.45) is 4.99 Å². The van der Waals surface area contributed by atoms with Crippen LogP contribution in [0.25, 0.3) is 0 Å². The molecule has 1 aliphatic carbocycles. The van der Waals surface area contributed by atoms with Gasteiger partial charge in [0.15, 0.2) is 5.96 Å².